The summed E-state index contributed by atoms with van der Waals surface area (Å²) in [6.45, 7) is 10.4. The van der Waals surface area contributed by atoms with E-state index in [0.29, 0.717) is 0 Å². The van der Waals surface area contributed by atoms with E-state index in [0.717, 1.165) is 45.0 Å². The molecule has 0 atom stereocenters. The number of benzene rings is 2. The first-order valence-electron chi connectivity index (χ1n) is 9.83. The van der Waals surface area contributed by atoms with Crippen molar-refractivity contribution in [2.75, 3.05) is 5.73 Å². The quantitative estimate of drug-likeness (QED) is 0.469. The zero-order valence-corrected chi connectivity index (χ0v) is 17.9. The van der Waals surface area contributed by atoms with Crippen molar-refractivity contribution in [2.24, 2.45) is 0 Å². The number of hydrogen-bond acceptors (Lipinski definition) is 3. The van der Waals surface area contributed by atoms with Crippen LogP contribution < -0.4 is 5.73 Å². The highest BCUT2D eigenvalue weighted by Gasteiger charge is 2.13. The van der Waals surface area contributed by atoms with Crippen LogP contribution in [0.25, 0.3) is 4.91 Å². The summed E-state index contributed by atoms with van der Waals surface area (Å²) in [5.41, 5.74) is 15.4. The summed E-state index contributed by atoms with van der Waals surface area (Å²) in [7, 11) is 0. The molecule has 0 saturated heterocycles. The Hall–Kier alpha value is -2.44. The first-order chi connectivity index (χ1) is 13.4. The van der Waals surface area contributed by atoms with Crippen molar-refractivity contribution in [3.63, 3.8) is 0 Å². The van der Waals surface area contributed by atoms with Gasteiger partial charge in [0.25, 0.3) is 0 Å². The Labute approximate surface area is 173 Å². The summed E-state index contributed by atoms with van der Waals surface area (Å²) in [5.74, 6) is 0. The number of fused-ring (bicyclic) bond motifs is 1. The predicted octanol–water partition coefficient (Wildman–Crippen LogP) is 6.51. The van der Waals surface area contributed by atoms with Gasteiger partial charge in [-0.25, -0.2) is 0 Å². The predicted molar refractivity (Wildman–Crippen MR) is 122 cm³/mol. The molecule has 2 aromatic rings. The molecule has 0 spiro atoms. The average molecular weight is 389 g/mol. The van der Waals surface area contributed by atoms with Crippen LogP contribution in [0.1, 0.15) is 53.1 Å². The minimum atomic E-state index is 0.733. The van der Waals surface area contributed by atoms with Crippen molar-refractivity contribution < 1.29 is 0 Å². The van der Waals surface area contributed by atoms with E-state index in [9.17, 15) is 5.26 Å². The minimum Gasteiger partial charge on any atom is -0.399 e. The topological polar surface area (TPSA) is 49.8 Å². The van der Waals surface area contributed by atoms with Crippen LogP contribution in [-0.4, -0.2) is 0 Å². The van der Waals surface area contributed by atoms with E-state index >= 15 is 0 Å². The molecule has 0 radical (unpaired) electrons. The molecule has 1 aliphatic rings. The normalized spacial score (nSPS) is 14.1. The Balaban J connectivity index is 1.80. The highest BCUT2D eigenvalue weighted by atomic mass is 32.2. The molecule has 0 unspecified atom stereocenters. The average Bonchev–Trinajstić information content (AvgIpc) is 2.69. The highest BCUT2D eigenvalue weighted by molar-refractivity contribution is 8.12. The van der Waals surface area contributed by atoms with Crippen LogP contribution >= 0.6 is 11.8 Å². The third-order valence-corrected chi connectivity index (χ3v) is 6.69. The second kappa shape index (κ2) is 8.71. The van der Waals surface area contributed by atoms with E-state index in [2.05, 4.69) is 43.8 Å². The SMILES string of the molecule is C=C(S/C(C#N)=C(\C)Cc1cc(C)c(N)cc1C)c1ccc2c(c1)CCCC2. The van der Waals surface area contributed by atoms with Crippen LogP contribution in [0.15, 0.2) is 47.4 Å². The van der Waals surface area contributed by atoms with Gasteiger partial charge in [0.1, 0.15) is 6.07 Å². The number of nitrogen functional groups attached to an aromatic ring is 1. The summed E-state index contributed by atoms with van der Waals surface area (Å²) < 4.78 is 0. The Morgan fingerprint density at radius 3 is 2.54 bits per heavy atom. The van der Waals surface area contributed by atoms with Crippen molar-refractivity contribution >= 4 is 22.4 Å². The second-order valence-corrected chi connectivity index (χ2v) is 8.85. The van der Waals surface area contributed by atoms with Gasteiger partial charge in [0.2, 0.25) is 0 Å². The van der Waals surface area contributed by atoms with Gasteiger partial charge in [0.05, 0.1) is 4.91 Å². The first-order valence-corrected chi connectivity index (χ1v) is 10.6. The molecule has 3 heteroatoms. The van der Waals surface area contributed by atoms with Crippen molar-refractivity contribution in [1.29, 1.82) is 5.26 Å². The summed E-state index contributed by atoms with van der Waals surface area (Å²) in [4.78, 5) is 1.67. The molecular weight excluding hydrogens is 360 g/mol. The van der Waals surface area contributed by atoms with E-state index < -0.39 is 0 Å². The van der Waals surface area contributed by atoms with E-state index in [-0.39, 0.29) is 0 Å². The van der Waals surface area contributed by atoms with E-state index in [1.54, 1.807) is 0 Å². The third kappa shape index (κ3) is 4.51. The highest BCUT2D eigenvalue weighted by Crippen LogP contribution is 2.36. The lowest BCUT2D eigenvalue weighted by molar-refractivity contribution is 0.685. The molecular formula is C25H28N2S. The Morgan fingerprint density at radius 2 is 1.82 bits per heavy atom. The second-order valence-electron chi connectivity index (χ2n) is 7.75. The smallest absolute Gasteiger partial charge is 0.106 e. The monoisotopic (exact) mass is 388 g/mol. The number of anilines is 1. The summed E-state index contributed by atoms with van der Waals surface area (Å²) in [6, 6.07) is 13.2. The molecule has 0 bridgehead atoms. The van der Waals surface area contributed by atoms with E-state index in [4.69, 9.17) is 5.73 Å². The molecule has 28 heavy (non-hydrogen) atoms. The Morgan fingerprint density at radius 1 is 1.11 bits per heavy atom. The number of aryl methyl sites for hydroxylation is 4. The molecule has 144 valence electrons. The molecule has 0 heterocycles. The maximum absolute atomic E-state index is 9.74. The van der Waals surface area contributed by atoms with Gasteiger partial charge < -0.3 is 5.73 Å². The maximum Gasteiger partial charge on any atom is 0.106 e. The maximum atomic E-state index is 9.74. The van der Waals surface area contributed by atoms with Gasteiger partial charge >= 0.3 is 0 Å². The number of allylic oxidation sites excluding steroid dienone is 2. The van der Waals surface area contributed by atoms with Gasteiger partial charge in [0, 0.05) is 10.6 Å². The van der Waals surface area contributed by atoms with Gasteiger partial charge in [0.15, 0.2) is 0 Å². The van der Waals surface area contributed by atoms with Gasteiger partial charge in [-0.15, -0.1) is 0 Å². The number of nitrogens with two attached hydrogens (primary N) is 1. The zero-order chi connectivity index (χ0) is 20.3. The lowest BCUT2D eigenvalue weighted by atomic mass is 9.90. The van der Waals surface area contributed by atoms with E-state index in [1.165, 1.54) is 53.3 Å². The number of nitrogens with zero attached hydrogens (tertiary/aromatic N) is 1. The molecule has 2 nitrogen and oxygen atoms in total. The van der Waals surface area contributed by atoms with Crippen molar-refractivity contribution in [3.8, 4) is 6.07 Å². The van der Waals surface area contributed by atoms with Crippen LogP contribution in [0.2, 0.25) is 0 Å². The van der Waals surface area contributed by atoms with Gasteiger partial charge in [-0.2, -0.15) is 5.26 Å². The lowest BCUT2D eigenvalue weighted by Crippen LogP contribution is -2.02. The van der Waals surface area contributed by atoms with Crippen LogP contribution in [0, 0.1) is 25.2 Å². The van der Waals surface area contributed by atoms with Gasteiger partial charge in [-0.1, -0.05) is 42.6 Å². The number of thioether (sulfide) groups is 1. The van der Waals surface area contributed by atoms with E-state index in [1.807, 2.05) is 19.9 Å². The zero-order valence-electron chi connectivity index (χ0n) is 17.1. The van der Waals surface area contributed by atoms with Crippen LogP contribution in [-0.2, 0) is 19.3 Å². The molecule has 0 aliphatic heterocycles. The molecule has 0 amide bonds. The van der Waals surface area contributed by atoms with Crippen LogP contribution in [0.4, 0.5) is 5.69 Å². The van der Waals surface area contributed by atoms with Crippen molar-refractivity contribution in [2.45, 2.75) is 52.9 Å². The summed E-state index contributed by atoms with van der Waals surface area (Å²) >= 11 is 1.49. The van der Waals surface area contributed by atoms with Gasteiger partial charge in [-0.05, 0) is 97.9 Å². The number of hydrogen-bond donors (Lipinski definition) is 1. The fourth-order valence-corrected chi connectivity index (χ4v) is 4.53. The standard InChI is InChI=1S/C25H28N2S/c1-16-13-24(27)17(2)11-23(16)12-18(3)25(15-26)28-19(4)21-10-9-20-7-5-6-8-22(20)14-21/h9-11,13-14H,4-8,12,27H2,1-3H3/b25-18+. The number of nitriles is 1. The Kier molecular flexibility index (Phi) is 6.31. The van der Waals surface area contributed by atoms with Crippen molar-refractivity contribution in [1.82, 2.24) is 0 Å². The molecule has 0 fully saturated rings. The summed E-state index contributed by atoms with van der Waals surface area (Å²) in [5, 5.41) is 9.74. The minimum absolute atomic E-state index is 0.733. The Bertz CT molecular complexity index is 992. The summed E-state index contributed by atoms with van der Waals surface area (Å²) in [6.07, 6.45) is 5.63. The first kappa shape index (κ1) is 20.3. The molecule has 2 N–H and O–H groups in total. The third-order valence-electron chi connectivity index (χ3n) is 5.57. The molecule has 0 saturated carbocycles. The van der Waals surface area contributed by atoms with Crippen LogP contribution in [0.5, 0.6) is 0 Å². The fraction of sp³-hybridized carbons (Fsp3) is 0.320. The molecule has 1 aliphatic carbocycles. The molecule has 3 rings (SSSR count). The fourth-order valence-electron chi connectivity index (χ4n) is 3.75. The molecule has 0 aromatic heterocycles. The largest absolute Gasteiger partial charge is 0.399 e. The lowest BCUT2D eigenvalue weighted by Gasteiger charge is -2.17. The van der Waals surface area contributed by atoms with Crippen molar-refractivity contribution in [3.05, 3.63) is 80.8 Å². The number of rotatable bonds is 5. The molecule has 2 aromatic carbocycles. The van der Waals surface area contributed by atoms with Gasteiger partial charge in [-0.3, -0.25) is 0 Å². The van der Waals surface area contributed by atoms with Crippen LogP contribution in [0.3, 0.4) is 0 Å².